The van der Waals surface area contributed by atoms with E-state index in [4.69, 9.17) is 4.74 Å². The second-order valence-corrected chi connectivity index (χ2v) is 10.5. The molecule has 3 rings (SSSR count). The molecule has 0 bridgehead atoms. The number of hydrogen-bond acceptors (Lipinski definition) is 6. The topological polar surface area (TPSA) is 92.8 Å². The monoisotopic (exact) mass is 416 g/mol. The number of rotatable bonds is 7. The van der Waals surface area contributed by atoms with Crippen molar-refractivity contribution >= 4 is 37.1 Å². The van der Waals surface area contributed by atoms with Gasteiger partial charge in [0.15, 0.2) is 0 Å². The molecular weight excluding hydrogens is 396 g/mol. The Balaban J connectivity index is 1.99. The minimum absolute atomic E-state index is 0.0207. The summed E-state index contributed by atoms with van der Waals surface area (Å²) < 4.78 is 60.2. The lowest BCUT2D eigenvalue weighted by Gasteiger charge is -2.19. The van der Waals surface area contributed by atoms with Crippen molar-refractivity contribution in [2.45, 2.75) is 28.9 Å². The first-order valence-electron chi connectivity index (χ1n) is 8.18. The Morgan fingerprint density at radius 3 is 2.50 bits per heavy atom. The number of thiophene rings is 1. The summed E-state index contributed by atoms with van der Waals surface area (Å²) in [5.41, 5.74) is 0.180. The van der Waals surface area contributed by atoms with Crippen LogP contribution in [-0.2, 0) is 20.0 Å². The van der Waals surface area contributed by atoms with Crippen LogP contribution in [-0.4, -0.2) is 40.8 Å². The molecular formula is C16H20N2O5S3. The maximum atomic E-state index is 12.9. The lowest BCUT2D eigenvalue weighted by atomic mass is 10.3. The fraction of sp³-hybridized carbons (Fsp3) is 0.375. The standard InChI is InChI=1S/C16H20N2O5S3/c1-2-23-14-8-7-13(17-25(19,20)16-6-5-11-24-16)12-15(14)26(21,22)18-9-3-4-10-18/h5-8,11-12,17H,2-4,9-10H2,1H3. The van der Waals surface area contributed by atoms with Crippen molar-refractivity contribution in [3.8, 4) is 5.75 Å². The van der Waals surface area contributed by atoms with E-state index < -0.39 is 20.0 Å². The van der Waals surface area contributed by atoms with Crippen LogP contribution in [0.15, 0.2) is 44.8 Å². The Morgan fingerprint density at radius 1 is 1.15 bits per heavy atom. The van der Waals surface area contributed by atoms with Crippen LogP contribution in [0.4, 0.5) is 5.69 Å². The van der Waals surface area contributed by atoms with E-state index in [1.54, 1.807) is 18.4 Å². The van der Waals surface area contributed by atoms with Gasteiger partial charge in [-0.15, -0.1) is 11.3 Å². The van der Waals surface area contributed by atoms with Gasteiger partial charge in [0.05, 0.1) is 12.3 Å². The molecule has 1 N–H and O–H groups in total. The van der Waals surface area contributed by atoms with Crippen molar-refractivity contribution in [1.82, 2.24) is 4.31 Å². The molecule has 2 heterocycles. The first-order valence-corrected chi connectivity index (χ1v) is 12.0. The molecule has 0 unspecified atom stereocenters. The summed E-state index contributed by atoms with van der Waals surface area (Å²) in [5, 5.41) is 1.66. The average Bonchev–Trinajstić information content (AvgIpc) is 3.30. The molecule has 2 aromatic rings. The average molecular weight is 417 g/mol. The molecule has 0 aliphatic carbocycles. The van der Waals surface area contributed by atoms with E-state index in [9.17, 15) is 16.8 Å². The highest BCUT2D eigenvalue weighted by Gasteiger charge is 2.30. The Kier molecular flexibility index (Phi) is 5.56. The normalized spacial score (nSPS) is 15.9. The van der Waals surface area contributed by atoms with Crippen molar-refractivity contribution in [2.75, 3.05) is 24.4 Å². The predicted octanol–water partition coefficient (Wildman–Crippen LogP) is 2.73. The number of ether oxygens (including phenoxy) is 1. The molecule has 10 heteroatoms. The molecule has 0 saturated carbocycles. The van der Waals surface area contributed by atoms with Gasteiger partial charge in [-0.2, -0.15) is 4.31 Å². The summed E-state index contributed by atoms with van der Waals surface area (Å²) in [4.78, 5) is -0.0207. The van der Waals surface area contributed by atoms with E-state index in [0.717, 1.165) is 24.2 Å². The second kappa shape index (κ2) is 7.55. The van der Waals surface area contributed by atoms with Crippen LogP contribution < -0.4 is 9.46 Å². The third kappa shape index (κ3) is 3.88. The highest BCUT2D eigenvalue weighted by molar-refractivity contribution is 7.94. The first-order chi connectivity index (χ1) is 12.3. The minimum Gasteiger partial charge on any atom is -0.492 e. The molecule has 1 fully saturated rings. The van der Waals surface area contributed by atoms with Crippen molar-refractivity contribution in [3.05, 3.63) is 35.7 Å². The number of anilines is 1. The predicted molar refractivity (Wildman–Crippen MR) is 101 cm³/mol. The number of hydrogen-bond donors (Lipinski definition) is 1. The molecule has 1 aliphatic rings. The van der Waals surface area contributed by atoms with Gasteiger partial charge in [-0.05, 0) is 49.4 Å². The highest BCUT2D eigenvalue weighted by atomic mass is 32.2. The lowest BCUT2D eigenvalue weighted by molar-refractivity contribution is 0.330. The van der Waals surface area contributed by atoms with Crippen molar-refractivity contribution in [2.24, 2.45) is 0 Å². The molecule has 0 radical (unpaired) electrons. The van der Waals surface area contributed by atoms with Crippen LogP contribution in [0, 0.1) is 0 Å². The Bertz CT molecular complexity index is 963. The third-order valence-electron chi connectivity index (χ3n) is 3.94. The Morgan fingerprint density at radius 2 is 1.88 bits per heavy atom. The zero-order valence-electron chi connectivity index (χ0n) is 14.2. The summed E-state index contributed by atoms with van der Waals surface area (Å²) in [6.07, 6.45) is 1.63. The van der Waals surface area contributed by atoms with Crippen molar-refractivity contribution in [1.29, 1.82) is 0 Å². The number of benzene rings is 1. The maximum absolute atomic E-state index is 12.9. The van der Waals surface area contributed by atoms with Gasteiger partial charge in [0.2, 0.25) is 10.0 Å². The lowest BCUT2D eigenvalue weighted by Crippen LogP contribution is -2.28. The van der Waals surface area contributed by atoms with Crippen LogP contribution in [0.1, 0.15) is 19.8 Å². The van der Waals surface area contributed by atoms with E-state index in [-0.39, 0.29) is 20.5 Å². The summed E-state index contributed by atoms with van der Waals surface area (Å²) in [6.45, 7) is 2.99. The van der Waals surface area contributed by atoms with Crippen LogP contribution >= 0.6 is 11.3 Å². The molecule has 7 nitrogen and oxygen atoms in total. The highest BCUT2D eigenvalue weighted by Crippen LogP contribution is 2.32. The summed E-state index contributed by atoms with van der Waals surface area (Å²) in [7, 11) is -7.50. The fourth-order valence-corrected chi connectivity index (χ4v) is 6.45. The van der Waals surface area contributed by atoms with Gasteiger partial charge < -0.3 is 4.74 Å². The molecule has 1 aromatic carbocycles. The van der Waals surface area contributed by atoms with E-state index in [1.807, 2.05) is 0 Å². The Labute approximate surface area is 157 Å². The van der Waals surface area contributed by atoms with Gasteiger partial charge in [-0.25, -0.2) is 16.8 Å². The summed E-state index contributed by atoms with van der Waals surface area (Å²) >= 11 is 1.09. The maximum Gasteiger partial charge on any atom is 0.271 e. The van der Waals surface area contributed by atoms with Gasteiger partial charge in [-0.3, -0.25) is 4.72 Å². The molecule has 1 aromatic heterocycles. The second-order valence-electron chi connectivity index (χ2n) is 5.74. The smallest absolute Gasteiger partial charge is 0.271 e. The van der Waals surface area contributed by atoms with E-state index >= 15 is 0 Å². The van der Waals surface area contributed by atoms with Crippen LogP contribution in [0.3, 0.4) is 0 Å². The van der Waals surface area contributed by atoms with Crippen LogP contribution in [0.2, 0.25) is 0 Å². The molecule has 142 valence electrons. The van der Waals surface area contributed by atoms with E-state index in [1.165, 1.54) is 28.6 Å². The van der Waals surface area contributed by atoms with E-state index in [2.05, 4.69) is 4.72 Å². The molecule has 26 heavy (non-hydrogen) atoms. The van der Waals surface area contributed by atoms with Gasteiger partial charge >= 0.3 is 0 Å². The Hall–Kier alpha value is -1.62. The number of nitrogens with one attached hydrogen (secondary N) is 1. The summed E-state index contributed by atoms with van der Waals surface area (Å²) in [5.74, 6) is 0.221. The van der Waals surface area contributed by atoms with Crippen LogP contribution in [0.25, 0.3) is 0 Å². The molecule has 0 atom stereocenters. The summed E-state index contributed by atoms with van der Waals surface area (Å²) in [6, 6.07) is 7.44. The van der Waals surface area contributed by atoms with E-state index in [0.29, 0.717) is 19.7 Å². The van der Waals surface area contributed by atoms with Gasteiger partial charge in [-0.1, -0.05) is 6.07 Å². The molecule has 1 aliphatic heterocycles. The zero-order chi connectivity index (χ0) is 18.8. The van der Waals surface area contributed by atoms with Crippen molar-refractivity contribution < 1.29 is 21.6 Å². The number of sulfonamides is 2. The van der Waals surface area contributed by atoms with Gasteiger partial charge in [0.1, 0.15) is 14.9 Å². The van der Waals surface area contributed by atoms with Crippen LogP contribution in [0.5, 0.6) is 5.75 Å². The van der Waals surface area contributed by atoms with Gasteiger partial charge in [0.25, 0.3) is 10.0 Å². The molecule has 0 spiro atoms. The molecule has 1 saturated heterocycles. The largest absolute Gasteiger partial charge is 0.492 e. The minimum atomic E-state index is -3.76. The first kappa shape index (κ1) is 19.2. The SMILES string of the molecule is CCOc1ccc(NS(=O)(=O)c2cccs2)cc1S(=O)(=O)N1CCCC1. The molecule has 0 amide bonds. The fourth-order valence-electron chi connectivity index (χ4n) is 2.74. The van der Waals surface area contributed by atoms with Gasteiger partial charge in [0, 0.05) is 13.1 Å². The third-order valence-corrected chi connectivity index (χ3v) is 8.64. The number of nitrogens with zero attached hydrogens (tertiary/aromatic N) is 1. The van der Waals surface area contributed by atoms with Crippen molar-refractivity contribution in [3.63, 3.8) is 0 Å². The quantitative estimate of drug-likeness (QED) is 0.749. The zero-order valence-corrected chi connectivity index (χ0v) is 16.7.